The lowest BCUT2D eigenvalue weighted by Gasteiger charge is -2.22. The average molecular weight is 354 g/mol. The van der Waals surface area contributed by atoms with Crippen molar-refractivity contribution in [1.29, 1.82) is 0 Å². The number of benzene rings is 2. The van der Waals surface area contributed by atoms with Crippen LogP contribution in [0.1, 0.15) is 44.5 Å². The van der Waals surface area contributed by atoms with Gasteiger partial charge in [0, 0.05) is 13.1 Å². The van der Waals surface area contributed by atoms with Crippen molar-refractivity contribution >= 4 is 28.5 Å². The molecule has 2 amide bonds. The molecule has 5 heteroatoms. The van der Waals surface area contributed by atoms with E-state index in [0.717, 1.165) is 30.3 Å². The number of ether oxygens (including phenoxy) is 1. The van der Waals surface area contributed by atoms with Crippen molar-refractivity contribution in [3.05, 3.63) is 42.0 Å². The Hall–Kier alpha value is -2.56. The molecule has 5 nitrogen and oxygen atoms in total. The lowest BCUT2D eigenvalue weighted by atomic mass is 10.0. The summed E-state index contributed by atoms with van der Waals surface area (Å²) in [6, 6.07) is 11.5. The zero-order valence-electron chi connectivity index (χ0n) is 15.8. The van der Waals surface area contributed by atoms with E-state index in [1.54, 1.807) is 0 Å². The number of anilines is 1. The standard InChI is InChI=1S/C21H26N2O3/c1-14-9-10-23(13-14)19(24)17-11-15-7-5-6-8-16(15)12-18(17)22-20(25)26-21(2,3)4/h5-8,11-12,14H,9-10,13H2,1-4H3,(H,22,25). The first-order valence-electron chi connectivity index (χ1n) is 9.05. The lowest BCUT2D eigenvalue weighted by Crippen LogP contribution is -2.31. The summed E-state index contributed by atoms with van der Waals surface area (Å²) in [6.07, 6.45) is 0.449. The highest BCUT2D eigenvalue weighted by Gasteiger charge is 2.27. The molecule has 1 aliphatic heterocycles. The number of likely N-dealkylation sites (tertiary alicyclic amines) is 1. The predicted molar refractivity (Wildman–Crippen MR) is 103 cm³/mol. The normalized spacial score (nSPS) is 17.4. The quantitative estimate of drug-likeness (QED) is 0.853. The first-order chi connectivity index (χ1) is 12.2. The van der Waals surface area contributed by atoms with Gasteiger partial charge in [0.1, 0.15) is 5.60 Å². The minimum Gasteiger partial charge on any atom is -0.444 e. The molecule has 1 N–H and O–H groups in total. The van der Waals surface area contributed by atoms with E-state index in [9.17, 15) is 9.59 Å². The number of nitrogens with zero attached hydrogens (tertiary/aromatic N) is 1. The Labute approximate surface area is 154 Å². The number of carbonyl (C=O) groups excluding carboxylic acids is 2. The van der Waals surface area contributed by atoms with Crippen molar-refractivity contribution in [2.24, 2.45) is 5.92 Å². The molecule has 3 rings (SSSR count). The second kappa shape index (κ2) is 6.98. The molecule has 1 unspecified atom stereocenters. The van der Waals surface area contributed by atoms with Crippen LogP contribution >= 0.6 is 0 Å². The molecule has 0 aliphatic carbocycles. The molecule has 1 fully saturated rings. The highest BCUT2D eigenvalue weighted by atomic mass is 16.6. The molecule has 0 saturated carbocycles. The van der Waals surface area contributed by atoms with Crippen LogP contribution in [-0.4, -0.2) is 35.6 Å². The Bertz CT molecular complexity index is 839. The van der Waals surface area contributed by atoms with Gasteiger partial charge in [-0.3, -0.25) is 10.1 Å². The first kappa shape index (κ1) is 18.2. The summed E-state index contributed by atoms with van der Waals surface area (Å²) in [7, 11) is 0. The fourth-order valence-electron chi connectivity index (χ4n) is 3.22. The van der Waals surface area contributed by atoms with Crippen molar-refractivity contribution in [3.63, 3.8) is 0 Å². The van der Waals surface area contributed by atoms with Crippen LogP contribution in [0.25, 0.3) is 10.8 Å². The molecule has 1 heterocycles. The van der Waals surface area contributed by atoms with Gasteiger partial charge in [-0.1, -0.05) is 31.2 Å². The van der Waals surface area contributed by atoms with Crippen molar-refractivity contribution in [2.45, 2.75) is 39.7 Å². The summed E-state index contributed by atoms with van der Waals surface area (Å²) >= 11 is 0. The van der Waals surface area contributed by atoms with Gasteiger partial charge < -0.3 is 9.64 Å². The van der Waals surface area contributed by atoms with Crippen LogP contribution in [-0.2, 0) is 4.74 Å². The summed E-state index contributed by atoms with van der Waals surface area (Å²) in [5.74, 6) is 0.452. The van der Waals surface area contributed by atoms with Gasteiger partial charge in [0.2, 0.25) is 0 Å². The van der Waals surface area contributed by atoms with E-state index < -0.39 is 11.7 Å². The maximum absolute atomic E-state index is 13.1. The SMILES string of the molecule is CC1CCN(C(=O)c2cc3ccccc3cc2NC(=O)OC(C)(C)C)C1. The number of hydrogen-bond acceptors (Lipinski definition) is 3. The van der Waals surface area contributed by atoms with Gasteiger partial charge >= 0.3 is 6.09 Å². The minimum absolute atomic E-state index is 0.0499. The summed E-state index contributed by atoms with van der Waals surface area (Å²) in [4.78, 5) is 27.2. The van der Waals surface area contributed by atoms with Gasteiger partial charge in [0.25, 0.3) is 5.91 Å². The zero-order chi connectivity index (χ0) is 18.9. The summed E-state index contributed by atoms with van der Waals surface area (Å²) in [5.41, 5.74) is 0.390. The van der Waals surface area contributed by atoms with E-state index in [2.05, 4.69) is 12.2 Å². The fraction of sp³-hybridized carbons (Fsp3) is 0.429. The highest BCUT2D eigenvalue weighted by molar-refractivity contribution is 6.07. The van der Waals surface area contributed by atoms with Crippen LogP contribution in [0, 0.1) is 5.92 Å². The summed E-state index contributed by atoms with van der Waals surface area (Å²) in [6.45, 7) is 9.07. The van der Waals surface area contributed by atoms with Gasteiger partial charge in [0.05, 0.1) is 11.3 Å². The van der Waals surface area contributed by atoms with Crippen LogP contribution in [0.15, 0.2) is 36.4 Å². The summed E-state index contributed by atoms with van der Waals surface area (Å²) < 4.78 is 5.36. The van der Waals surface area contributed by atoms with Gasteiger partial charge in [-0.2, -0.15) is 0 Å². The van der Waals surface area contributed by atoms with E-state index in [4.69, 9.17) is 4.74 Å². The Balaban J connectivity index is 1.96. The summed E-state index contributed by atoms with van der Waals surface area (Å²) in [5, 5.41) is 4.70. The maximum Gasteiger partial charge on any atom is 0.412 e. The van der Waals surface area contributed by atoms with Crippen molar-refractivity contribution < 1.29 is 14.3 Å². The molecule has 2 aromatic carbocycles. The lowest BCUT2D eigenvalue weighted by molar-refractivity contribution is 0.0636. The van der Waals surface area contributed by atoms with E-state index in [1.807, 2.05) is 62.1 Å². The fourth-order valence-corrected chi connectivity index (χ4v) is 3.22. The molecular weight excluding hydrogens is 328 g/mol. The Morgan fingerprint density at radius 1 is 1.15 bits per heavy atom. The largest absolute Gasteiger partial charge is 0.444 e. The third kappa shape index (κ3) is 4.15. The molecule has 0 spiro atoms. The Morgan fingerprint density at radius 2 is 1.81 bits per heavy atom. The minimum atomic E-state index is -0.602. The van der Waals surface area contributed by atoms with Gasteiger partial charge in [0.15, 0.2) is 0 Å². The Kier molecular flexibility index (Phi) is 4.90. The van der Waals surface area contributed by atoms with Crippen molar-refractivity contribution in [1.82, 2.24) is 4.90 Å². The van der Waals surface area contributed by atoms with Crippen LogP contribution in [0.4, 0.5) is 10.5 Å². The maximum atomic E-state index is 13.1. The van der Waals surface area contributed by atoms with E-state index >= 15 is 0 Å². The highest BCUT2D eigenvalue weighted by Crippen LogP contribution is 2.28. The average Bonchev–Trinajstić information content (AvgIpc) is 2.98. The molecule has 2 aromatic rings. The number of amides is 2. The third-order valence-electron chi connectivity index (χ3n) is 4.46. The number of nitrogens with one attached hydrogen (secondary N) is 1. The van der Waals surface area contributed by atoms with Crippen molar-refractivity contribution in [2.75, 3.05) is 18.4 Å². The zero-order valence-corrected chi connectivity index (χ0v) is 15.8. The van der Waals surface area contributed by atoms with Gasteiger partial charge in [-0.05, 0) is 56.0 Å². The molecule has 0 aromatic heterocycles. The molecule has 26 heavy (non-hydrogen) atoms. The predicted octanol–water partition coefficient (Wildman–Crippen LogP) is 4.67. The Morgan fingerprint density at radius 3 is 2.38 bits per heavy atom. The van der Waals surface area contributed by atoms with Gasteiger partial charge in [-0.15, -0.1) is 0 Å². The number of hydrogen-bond donors (Lipinski definition) is 1. The smallest absolute Gasteiger partial charge is 0.412 e. The monoisotopic (exact) mass is 354 g/mol. The first-order valence-corrected chi connectivity index (χ1v) is 9.05. The second-order valence-corrected chi connectivity index (χ2v) is 8.02. The number of fused-ring (bicyclic) bond motifs is 1. The molecule has 1 saturated heterocycles. The van der Waals surface area contributed by atoms with Crippen LogP contribution in [0.3, 0.4) is 0 Å². The number of rotatable bonds is 2. The van der Waals surface area contributed by atoms with Crippen LogP contribution < -0.4 is 5.32 Å². The van der Waals surface area contributed by atoms with Crippen LogP contribution in [0.5, 0.6) is 0 Å². The molecule has 0 radical (unpaired) electrons. The molecule has 138 valence electrons. The third-order valence-corrected chi connectivity index (χ3v) is 4.46. The number of carbonyl (C=O) groups is 2. The molecule has 1 aliphatic rings. The van der Waals surface area contributed by atoms with Crippen LogP contribution in [0.2, 0.25) is 0 Å². The molecular formula is C21H26N2O3. The van der Waals surface area contributed by atoms with E-state index in [1.165, 1.54) is 0 Å². The van der Waals surface area contributed by atoms with E-state index in [-0.39, 0.29) is 5.91 Å². The van der Waals surface area contributed by atoms with Crippen molar-refractivity contribution in [3.8, 4) is 0 Å². The van der Waals surface area contributed by atoms with Gasteiger partial charge in [-0.25, -0.2) is 4.79 Å². The molecule has 0 bridgehead atoms. The van der Waals surface area contributed by atoms with E-state index in [0.29, 0.717) is 17.2 Å². The molecule has 1 atom stereocenters. The topological polar surface area (TPSA) is 58.6 Å². The second-order valence-electron chi connectivity index (χ2n) is 8.02.